The molecule has 0 aliphatic heterocycles. The maximum atomic E-state index is 10.5. The monoisotopic (exact) mass is 188 g/mol. The standard InChI is InChI=1S/C11H12N2O/c1-8-3-6-11(13(8)2)10-5-4-9(7-14)12-10/h3-7,12H,1-2H3. The molecule has 14 heavy (non-hydrogen) atoms. The Kier molecular flexibility index (Phi) is 2.00. The molecule has 0 aliphatic rings. The van der Waals surface area contributed by atoms with E-state index in [1.54, 1.807) is 6.07 Å². The summed E-state index contributed by atoms with van der Waals surface area (Å²) in [7, 11) is 2.01. The fraction of sp³-hybridized carbons (Fsp3) is 0.182. The quantitative estimate of drug-likeness (QED) is 0.720. The smallest absolute Gasteiger partial charge is 0.166 e. The molecule has 0 aliphatic carbocycles. The van der Waals surface area contributed by atoms with Crippen LogP contribution in [0.4, 0.5) is 0 Å². The number of nitrogens with zero attached hydrogens (tertiary/aromatic N) is 1. The van der Waals surface area contributed by atoms with E-state index in [2.05, 4.69) is 15.6 Å². The summed E-state index contributed by atoms with van der Waals surface area (Å²) in [5.74, 6) is 0. The molecule has 0 atom stereocenters. The van der Waals surface area contributed by atoms with Gasteiger partial charge in [-0.05, 0) is 31.2 Å². The zero-order chi connectivity index (χ0) is 10.1. The van der Waals surface area contributed by atoms with Crippen LogP contribution in [0.1, 0.15) is 16.2 Å². The minimum atomic E-state index is 0.610. The lowest BCUT2D eigenvalue weighted by Gasteiger charge is -2.02. The van der Waals surface area contributed by atoms with Crippen molar-refractivity contribution in [1.82, 2.24) is 9.55 Å². The third-order valence-corrected chi connectivity index (χ3v) is 2.48. The molecule has 3 nitrogen and oxygen atoms in total. The van der Waals surface area contributed by atoms with Crippen molar-refractivity contribution >= 4 is 6.29 Å². The van der Waals surface area contributed by atoms with Crippen molar-refractivity contribution in [3.63, 3.8) is 0 Å². The highest BCUT2D eigenvalue weighted by Gasteiger charge is 2.05. The van der Waals surface area contributed by atoms with E-state index in [0.29, 0.717) is 5.69 Å². The third kappa shape index (κ3) is 1.27. The molecule has 0 spiro atoms. The summed E-state index contributed by atoms with van der Waals surface area (Å²) in [5, 5.41) is 0. The van der Waals surface area contributed by atoms with E-state index in [1.165, 1.54) is 5.69 Å². The highest BCUT2D eigenvalue weighted by atomic mass is 16.1. The van der Waals surface area contributed by atoms with E-state index in [0.717, 1.165) is 17.7 Å². The van der Waals surface area contributed by atoms with Crippen LogP contribution >= 0.6 is 0 Å². The van der Waals surface area contributed by atoms with Gasteiger partial charge in [-0.3, -0.25) is 4.79 Å². The average Bonchev–Trinajstić information content (AvgIpc) is 2.75. The van der Waals surface area contributed by atoms with E-state index in [1.807, 2.05) is 26.1 Å². The summed E-state index contributed by atoms with van der Waals surface area (Å²) >= 11 is 0. The van der Waals surface area contributed by atoms with Crippen molar-refractivity contribution in [3.8, 4) is 11.4 Å². The molecular weight excluding hydrogens is 176 g/mol. The van der Waals surface area contributed by atoms with Crippen molar-refractivity contribution in [2.45, 2.75) is 6.92 Å². The minimum Gasteiger partial charge on any atom is -0.351 e. The molecule has 0 saturated heterocycles. The fourth-order valence-electron chi connectivity index (χ4n) is 1.51. The SMILES string of the molecule is Cc1ccc(-c2ccc(C=O)[nH]2)n1C. The first-order valence-electron chi connectivity index (χ1n) is 4.49. The molecule has 0 saturated carbocycles. The van der Waals surface area contributed by atoms with Gasteiger partial charge in [0.25, 0.3) is 0 Å². The molecule has 0 aromatic carbocycles. The molecule has 1 N–H and O–H groups in total. The Hall–Kier alpha value is -1.77. The Morgan fingerprint density at radius 2 is 2.07 bits per heavy atom. The number of carbonyl (C=O) groups is 1. The Morgan fingerprint density at radius 3 is 2.57 bits per heavy atom. The molecular formula is C11H12N2O. The van der Waals surface area contributed by atoms with Gasteiger partial charge in [0.2, 0.25) is 0 Å². The van der Waals surface area contributed by atoms with Gasteiger partial charge in [-0.25, -0.2) is 0 Å². The molecule has 3 heteroatoms. The average molecular weight is 188 g/mol. The Labute approximate surface area is 82.4 Å². The predicted molar refractivity (Wildman–Crippen MR) is 55.3 cm³/mol. The molecule has 72 valence electrons. The number of carbonyl (C=O) groups excluding carboxylic acids is 1. The van der Waals surface area contributed by atoms with Crippen LogP contribution in [0.15, 0.2) is 24.3 Å². The molecule has 0 unspecified atom stereocenters. The Balaban J connectivity index is 2.49. The molecule has 0 fully saturated rings. The number of rotatable bonds is 2. The van der Waals surface area contributed by atoms with E-state index >= 15 is 0 Å². The van der Waals surface area contributed by atoms with Crippen LogP contribution in [-0.2, 0) is 7.05 Å². The van der Waals surface area contributed by atoms with E-state index < -0.39 is 0 Å². The molecule has 0 bridgehead atoms. The van der Waals surface area contributed by atoms with Gasteiger partial charge in [-0.1, -0.05) is 0 Å². The predicted octanol–water partition coefficient (Wildman–Crippen LogP) is 2.14. The van der Waals surface area contributed by atoms with Crippen LogP contribution in [0.5, 0.6) is 0 Å². The van der Waals surface area contributed by atoms with Crippen molar-refractivity contribution in [3.05, 3.63) is 35.7 Å². The summed E-state index contributed by atoms with van der Waals surface area (Å²) in [5.41, 5.74) is 3.87. The largest absolute Gasteiger partial charge is 0.351 e. The highest BCUT2D eigenvalue weighted by molar-refractivity contribution is 5.74. The zero-order valence-electron chi connectivity index (χ0n) is 8.24. The summed E-state index contributed by atoms with van der Waals surface area (Å²) in [6, 6.07) is 7.79. The van der Waals surface area contributed by atoms with Gasteiger partial charge < -0.3 is 9.55 Å². The zero-order valence-corrected chi connectivity index (χ0v) is 8.24. The lowest BCUT2D eigenvalue weighted by atomic mass is 10.3. The highest BCUT2D eigenvalue weighted by Crippen LogP contribution is 2.19. The van der Waals surface area contributed by atoms with Gasteiger partial charge in [-0.2, -0.15) is 0 Å². The third-order valence-electron chi connectivity index (χ3n) is 2.48. The topological polar surface area (TPSA) is 37.8 Å². The summed E-state index contributed by atoms with van der Waals surface area (Å²) in [6.07, 6.45) is 0.819. The van der Waals surface area contributed by atoms with Crippen LogP contribution in [0.25, 0.3) is 11.4 Å². The van der Waals surface area contributed by atoms with Gasteiger partial charge in [0, 0.05) is 12.7 Å². The molecule has 2 heterocycles. The second kappa shape index (κ2) is 3.18. The van der Waals surface area contributed by atoms with Gasteiger partial charge in [0.15, 0.2) is 6.29 Å². The van der Waals surface area contributed by atoms with Gasteiger partial charge >= 0.3 is 0 Å². The molecule has 2 aromatic heterocycles. The molecule has 0 amide bonds. The first-order chi connectivity index (χ1) is 6.72. The normalized spacial score (nSPS) is 10.4. The molecule has 0 radical (unpaired) electrons. The van der Waals surface area contributed by atoms with E-state index in [9.17, 15) is 4.79 Å². The second-order valence-electron chi connectivity index (χ2n) is 3.36. The van der Waals surface area contributed by atoms with Crippen LogP contribution in [0, 0.1) is 6.92 Å². The fourth-order valence-corrected chi connectivity index (χ4v) is 1.51. The van der Waals surface area contributed by atoms with Gasteiger partial charge in [0.05, 0.1) is 17.1 Å². The number of nitrogens with one attached hydrogen (secondary N) is 1. The number of hydrogen-bond acceptors (Lipinski definition) is 1. The van der Waals surface area contributed by atoms with Crippen LogP contribution in [0.3, 0.4) is 0 Å². The van der Waals surface area contributed by atoms with Gasteiger partial charge in [0.1, 0.15) is 0 Å². The summed E-state index contributed by atoms with van der Waals surface area (Å²) < 4.78 is 2.08. The van der Waals surface area contributed by atoms with Crippen LogP contribution in [-0.4, -0.2) is 15.8 Å². The number of H-pyrrole nitrogens is 1. The van der Waals surface area contributed by atoms with E-state index in [4.69, 9.17) is 0 Å². The van der Waals surface area contributed by atoms with Crippen molar-refractivity contribution in [2.75, 3.05) is 0 Å². The number of aldehydes is 1. The maximum absolute atomic E-state index is 10.5. The number of aromatic amines is 1. The molecule has 2 aromatic rings. The molecule has 2 rings (SSSR count). The van der Waals surface area contributed by atoms with E-state index in [-0.39, 0.29) is 0 Å². The van der Waals surface area contributed by atoms with Crippen molar-refractivity contribution < 1.29 is 4.79 Å². The van der Waals surface area contributed by atoms with Crippen molar-refractivity contribution in [1.29, 1.82) is 0 Å². The maximum Gasteiger partial charge on any atom is 0.166 e. The Morgan fingerprint density at radius 1 is 1.29 bits per heavy atom. The van der Waals surface area contributed by atoms with Crippen LogP contribution < -0.4 is 0 Å². The number of aromatic nitrogens is 2. The van der Waals surface area contributed by atoms with Crippen LogP contribution in [0.2, 0.25) is 0 Å². The number of aryl methyl sites for hydroxylation is 1. The summed E-state index contributed by atoms with van der Waals surface area (Å²) in [4.78, 5) is 13.5. The first-order valence-corrected chi connectivity index (χ1v) is 4.49. The number of hydrogen-bond donors (Lipinski definition) is 1. The first kappa shape index (κ1) is 8.81. The summed E-state index contributed by atoms with van der Waals surface area (Å²) in [6.45, 7) is 2.05. The van der Waals surface area contributed by atoms with Crippen molar-refractivity contribution in [2.24, 2.45) is 7.05 Å². The minimum absolute atomic E-state index is 0.610. The second-order valence-corrected chi connectivity index (χ2v) is 3.36. The lowest BCUT2D eigenvalue weighted by molar-refractivity contribution is 0.111. The lowest BCUT2D eigenvalue weighted by Crippen LogP contribution is -1.93. The Bertz CT molecular complexity index is 465. The van der Waals surface area contributed by atoms with Gasteiger partial charge in [-0.15, -0.1) is 0 Å².